The molecule has 0 spiro atoms. The molecule has 1 aromatic carbocycles. The van der Waals surface area contributed by atoms with Gasteiger partial charge in [0, 0.05) is 5.69 Å². The monoisotopic (exact) mass is 337 g/mol. The molecule has 0 fully saturated rings. The third-order valence-electron chi connectivity index (χ3n) is 3.10. The van der Waals surface area contributed by atoms with Gasteiger partial charge in [-0.25, -0.2) is 0 Å². The molecule has 0 aliphatic carbocycles. The maximum Gasteiger partial charge on any atom is 0.255 e. The number of carbonyl (C=O) groups excluding carboxylic acids is 1. The molecule has 106 valence electrons. The molecule has 2 aromatic rings. The lowest BCUT2D eigenvalue weighted by atomic mass is 10.1. The number of ether oxygens (including phenoxy) is 1. The van der Waals surface area contributed by atoms with Gasteiger partial charge in [0.1, 0.15) is 5.75 Å². The van der Waals surface area contributed by atoms with Gasteiger partial charge in [0.15, 0.2) is 0 Å². The summed E-state index contributed by atoms with van der Waals surface area (Å²) >= 11 is 3.44. The molecule has 0 bridgehead atoms. The number of rotatable bonds is 4. The molecule has 2 N–H and O–H groups in total. The zero-order valence-electron chi connectivity index (χ0n) is 11.5. The van der Waals surface area contributed by atoms with Crippen LogP contribution in [0.4, 0.5) is 0 Å². The molecule has 0 radical (unpaired) electrons. The number of benzene rings is 1. The van der Waals surface area contributed by atoms with E-state index >= 15 is 0 Å². The van der Waals surface area contributed by atoms with Gasteiger partial charge in [-0.1, -0.05) is 6.07 Å². The first-order valence-electron chi connectivity index (χ1n) is 6.17. The van der Waals surface area contributed by atoms with E-state index in [0.717, 1.165) is 21.5 Å². The fraction of sp³-hybridized carbons (Fsp3) is 0.286. The number of halogens is 1. The van der Waals surface area contributed by atoms with Crippen LogP contribution in [0.3, 0.4) is 0 Å². The van der Waals surface area contributed by atoms with E-state index < -0.39 is 0 Å². The number of methoxy groups -OCH3 is 1. The van der Waals surface area contributed by atoms with Crippen molar-refractivity contribution in [3.05, 3.63) is 45.7 Å². The number of carbonyl (C=O) groups is 1. The lowest BCUT2D eigenvalue weighted by Crippen LogP contribution is -2.26. The number of hydrogen-bond donors (Lipinski definition) is 2. The van der Waals surface area contributed by atoms with E-state index in [9.17, 15) is 4.79 Å². The average molecular weight is 338 g/mol. The quantitative estimate of drug-likeness (QED) is 0.901. The van der Waals surface area contributed by atoms with Crippen molar-refractivity contribution < 1.29 is 9.53 Å². The molecule has 0 aliphatic rings. The van der Waals surface area contributed by atoms with Gasteiger partial charge in [-0.2, -0.15) is 5.10 Å². The molecule has 20 heavy (non-hydrogen) atoms. The largest absolute Gasteiger partial charge is 0.496 e. The summed E-state index contributed by atoms with van der Waals surface area (Å²) in [6.45, 7) is 3.75. The summed E-state index contributed by atoms with van der Waals surface area (Å²) < 4.78 is 6.05. The van der Waals surface area contributed by atoms with Crippen LogP contribution in [-0.4, -0.2) is 23.2 Å². The molecule has 0 aliphatic heterocycles. The Bertz CT molecular complexity index is 625. The molecule has 0 saturated carbocycles. The maximum absolute atomic E-state index is 12.1. The molecule has 2 rings (SSSR count). The van der Waals surface area contributed by atoms with E-state index in [1.165, 1.54) is 6.20 Å². The summed E-state index contributed by atoms with van der Waals surface area (Å²) in [5.74, 6) is 0.619. The minimum absolute atomic E-state index is 0.112. The summed E-state index contributed by atoms with van der Waals surface area (Å²) in [6, 6.07) is 5.62. The van der Waals surface area contributed by atoms with Crippen LogP contribution in [0.15, 0.2) is 28.9 Å². The van der Waals surface area contributed by atoms with Crippen LogP contribution in [0.25, 0.3) is 0 Å². The van der Waals surface area contributed by atoms with Crippen molar-refractivity contribution >= 4 is 21.8 Å². The number of hydrogen-bond acceptors (Lipinski definition) is 3. The summed E-state index contributed by atoms with van der Waals surface area (Å²) in [7, 11) is 1.62. The Labute approximate surface area is 125 Å². The highest BCUT2D eigenvalue weighted by atomic mass is 79.9. The van der Waals surface area contributed by atoms with Gasteiger partial charge in [0.05, 0.1) is 29.4 Å². The van der Waals surface area contributed by atoms with Crippen molar-refractivity contribution in [1.82, 2.24) is 15.5 Å². The second kappa shape index (κ2) is 6.09. The molecular weight excluding hydrogens is 322 g/mol. The first-order valence-corrected chi connectivity index (χ1v) is 6.96. The van der Waals surface area contributed by atoms with Crippen molar-refractivity contribution in [2.24, 2.45) is 0 Å². The highest BCUT2D eigenvalue weighted by molar-refractivity contribution is 9.10. The van der Waals surface area contributed by atoms with Crippen LogP contribution in [0, 0.1) is 6.92 Å². The zero-order chi connectivity index (χ0) is 14.7. The fourth-order valence-corrected chi connectivity index (χ4v) is 2.45. The van der Waals surface area contributed by atoms with Crippen LogP contribution >= 0.6 is 15.9 Å². The predicted molar refractivity (Wildman–Crippen MR) is 79.9 cm³/mol. The highest BCUT2D eigenvalue weighted by Crippen LogP contribution is 2.28. The number of aromatic nitrogens is 2. The Morgan fingerprint density at radius 2 is 2.25 bits per heavy atom. The first-order chi connectivity index (χ1) is 9.52. The van der Waals surface area contributed by atoms with Gasteiger partial charge in [0.2, 0.25) is 0 Å². The number of aromatic amines is 1. The summed E-state index contributed by atoms with van der Waals surface area (Å²) in [6.07, 6.45) is 1.53. The van der Waals surface area contributed by atoms with Gasteiger partial charge < -0.3 is 10.1 Å². The van der Waals surface area contributed by atoms with Crippen LogP contribution in [0.5, 0.6) is 5.75 Å². The standard InChI is InChI=1S/C14H16BrN3O2/c1-8(10-4-5-13(20-3)12(15)6-10)17-14(19)11-7-16-18-9(11)2/h4-8H,1-3H3,(H,16,18)(H,17,19). The van der Waals surface area contributed by atoms with Crippen molar-refractivity contribution in [3.63, 3.8) is 0 Å². The van der Waals surface area contributed by atoms with Crippen LogP contribution < -0.4 is 10.1 Å². The third-order valence-corrected chi connectivity index (χ3v) is 3.72. The van der Waals surface area contributed by atoms with Crippen molar-refractivity contribution in [3.8, 4) is 5.75 Å². The smallest absolute Gasteiger partial charge is 0.255 e. The van der Waals surface area contributed by atoms with E-state index in [2.05, 4.69) is 31.4 Å². The van der Waals surface area contributed by atoms with Crippen LogP contribution in [-0.2, 0) is 0 Å². The van der Waals surface area contributed by atoms with Gasteiger partial charge >= 0.3 is 0 Å². The molecule has 1 unspecified atom stereocenters. The van der Waals surface area contributed by atoms with Gasteiger partial charge in [-0.15, -0.1) is 0 Å². The van der Waals surface area contributed by atoms with E-state index in [0.29, 0.717) is 5.56 Å². The average Bonchev–Trinajstić information content (AvgIpc) is 2.84. The van der Waals surface area contributed by atoms with Crippen LogP contribution in [0.2, 0.25) is 0 Å². The summed E-state index contributed by atoms with van der Waals surface area (Å²) in [4.78, 5) is 12.1. The maximum atomic E-state index is 12.1. The SMILES string of the molecule is COc1ccc(C(C)NC(=O)c2cn[nH]c2C)cc1Br. The fourth-order valence-electron chi connectivity index (χ4n) is 1.89. The minimum atomic E-state index is -0.143. The number of H-pyrrole nitrogens is 1. The van der Waals surface area contributed by atoms with E-state index in [1.54, 1.807) is 7.11 Å². The third kappa shape index (κ3) is 3.01. The topological polar surface area (TPSA) is 67.0 Å². The Hall–Kier alpha value is -1.82. The Kier molecular flexibility index (Phi) is 4.44. The molecule has 1 heterocycles. The number of nitrogens with one attached hydrogen (secondary N) is 2. The van der Waals surface area contributed by atoms with E-state index in [1.807, 2.05) is 32.0 Å². The van der Waals surface area contributed by atoms with Gasteiger partial charge in [0.25, 0.3) is 5.91 Å². The van der Waals surface area contributed by atoms with E-state index in [4.69, 9.17) is 4.74 Å². The van der Waals surface area contributed by atoms with Gasteiger partial charge in [-0.3, -0.25) is 9.89 Å². The Balaban J connectivity index is 2.12. The molecule has 1 aromatic heterocycles. The summed E-state index contributed by atoms with van der Waals surface area (Å²) in [5, 5.41) is 9.55. The normalized spacial score (nSPS) is 12.0. The molecule has 6 heteroatoms. The number of aryl methyl sites for hydroxylation is 1. The van der Waals surface area contributed by atoms with E-state index in [-0.39, 0.29) is 11.9 Å². The summed E-state index contributed by atoms with van der Waals surface area (Å²) in [5.41, 5.74) is 2.31. The Morgan fingerprint density at radius 1 is 1.50 bits per heavy atom. The zero-order valence-corrected chi connectivity index (χ0v) is 13.1. The Morgan fingerprint density at radius 3 is 2.80 bits per heavy atom. The predicted octanol–water partition coefficient (Wildman–Crippen LogP) is 2.98. The molecule has 5 nitrogen and oxygen atoms in total. The van der Waals surface area contributed by atoms with Crippen molar-refractivity contribution in [2.45, 2.75) is 19.9 Å². The molecular formula is C14H16BrN3O2. The molecule has 0 saturated heterocycles. The number of amides is 1. The first kappa shape index (κ1) is 14.6. The lowest BCUT2D eigenvalue weighted by Gasteiger charge is -2.15. The van der Waals surface area contributed by atoms with Crippen molar-refractivity contribution in [2.75, 3.05) is 7.11 Å². The number of nitrogens with zero attached hydrogens (tertiary/aromatic N) is 1. The lowest BCUT2D eigenvalue weighted by molar-refractivity contribution is 0.0939. The molecule has 1 amide bonds. The van der Waals surface area contributed by atoms with Crippen LogP contribution in [0.1, 0.15) is 34.6 Å². The molecule has 1 atom stereocenters. The highest BCUT2D eigenvalue weighted by Gasteiger charge is 2.15. The van der Waals surface area contributed by atoms with Gasteiger partial charge in [-0.05, 0) is 47.5 Å². The minimum Gasteiger partial charge on any atom is -0.496 e. The van der Waals surface area contributed by atoms with Crippen molar-refractivity contribution in [1.29, 1.82) is 0 Å². The second-order valence-corrected chi connectivity index (χ2v) is 5.35. The second-order valence-electron chi connectivity index (χ2n) is 4.50.